The second kappa shape index (κ2) is 20.0. The lowest BCUT2D eigenvalue weighted by Crippen LogP contribution is -2.22. The Kier molecular flexibility index (Phi) is 15.8. The van der Waals surface area contributed by atoms with Crippen LogP contribution in [-0.4, -0.2) is 80.8 Å². The van der Waals surface area contributed by atoms with Gasteiger partial charge in [-0.3, -0.25) is 14.4 Å². The molecule has 14 heteroatoms. The number of carbonyl (C=O) groups excluding carboxylic acids is 2. The Morgan fingerprint density at radius 2 is 1.31 bits per heavy atom. The average molecular weight is 794 g/mol. The van der Waals surface area contributed by atoms with E-state index in [1.807, 2.05) is 38.5 Å². The van der Waals surface area contributed by atoms with Crippen LogP contribution in [0.1, 0.15) is 94.7 Å². The van der Waals surface area contributed by atoms with E-state index < -0.39 is 12.6 Å². The fourth-order valence-electron chi connectivity index (χ4n) is 5.53. The van der Waals surface area contributed by atoms with Gasteiger partial charge in [0, 0.05) is 68.2 Å². The Bertz CT molecular complexity index is 2130. The molecule has 12 nitrogen and oxygen atoms in total. The van der Waals surface area contributed by atoms with E-state index in [2.05, 4.69) is 28.8 Å². The quantitative estimate of drug-likeness (QED) is 0.0716. The first-order valence-corrected chi connectivity index (χ1v) is 19.6. The zero-order valence-corrected chi connectivity index (χ0v) is 35.0. The number of aromatic nitrogens is 3. The number of ketones is 2. The third-order valence-corrected chi connectivity index (χ3v) is 10.8. The molecule has 0 bridgehead atoms. The minimum atomic E-state index is -0.498. The number of pyridine rings is 1. The third kappa shape index (κ3) is 10.9. The predicted octanol–water partition coefficient (Wildman–Crippen LogP) is 8.28. The predicted molar refractivity (Wildman–Crippen MR) is 217 cm³/mol. The molecule has 3 heterocycles. The molecule has 55 heavy (non-hydrogen) atoms. The van der Waals surface area contributed by atoms with Crippen LogP contribution in [0.25, 0.3) is 21.6 Å². The molecule has 0 saturated carbocycles. The Morgan fingerprint density at radius 3 is 1.84 bits per heavy atom. The maximum atomic E-state index is 12.8. The van der Waals surface area contributed by atoms with E-state index >= 15 is 0 Å². The van der Waals surface area contributed by atoms with Crippen LogP contribution in [0.15, 0.2) is 45.9 Å². The van der Waals surface area contributed by atoms with Crippen molar-refractivity contribution in [3.8, 4) is 22.2 Å². The topological polar surface area (TPSA) is 148 Å². The molecule has 0 fully saturated rings. The van der Waals surface area contributed by atoms with Gasteiger partial charge in [0.15, 0.2) is 34.6 Å². The van der Waals surface area contributed by atoms with Gasteiger partial charge in [-0.05, 0) is 68.0 Å². The molecule has 0 saturated heterocycles. The number of rotatable bonds is 17. The van der Waals surface area contributed by atoms with Crippen LogP contribution < -0.4 is 14.9 Å². The smallest absolute Gasteiger partial charge is 0.195 e. The molecule has 2 aromatic carbocycles. The molecule has 0 aliphatic heterocycles. The van der Waals surface area contributed by atoms with Gasteiger partial charge >= 0.3 is 0 Å². The highest BCUT2D eigenvalue weighted by Crippen LogP contribution is 2.30. The molecule has 0 unspecified atom stereocenters. The summed E-state index contributed by atoms with van der Waals surface area (Å²) in [5.41, 5.74) is 6.16. The van der Waals surface area contributed by atoms with Crippen molar-refractivity contribution in [3.05, 3.63) is 90.0 Å². The van der Waals surface area contributed by atoms with Crippen LogP contribution in [0, 0.1) is 13.8 Å². The van der Waals surface area contributed by atoms with Crippen molar-refractivity contribution < 1.29 is 38.0 Å². The van der Waals surface area contributed by atoms with Crippen molar-refractivity contribution in [1.29, 1.82) is 0 Å². The molecule has 3 aromatic heterocycles. The number of ether oxygens (including phenoxy) is 6. The van der Waals surface area contributed by atoms with E-state index in [9.17, 15) is 14.4 Å². The molecule has 0 amide bonds. The normalized spacial score (nSPS) is 11.5. The number of nitrogens with one attached hydrogen (secondary N) is 1. The fraction of sp³-hybridized carbons (Fsp3) is 0.439. The minimum absolute atomic E-state index is 0.0404. The maximum absolute atomic E-state index is 12.8. The number of nitrogens with zero attached hydrogens (tertiary/aromatic N) is 2. The number of hydrogen-bond donors (Lipinski definition) is 1. The summed E-state index contributed by atoms with van der Waals surface area (Å²) in [6.07, 6.45) is -0.849. The number of aryl methyl sites for hydroxylation is 1. The molecule has 0 atom stereocenters. The Hall–Kier alpha value is -4.31. The van der Waals surface area contributed by atoms with Gasteiger partial charge in [0.05, 0.1) is 22.6 Å². The number of methoxy groups -OCH3 is 4. The van der Waals surface area contributed by atoms with Crippen molar-refractivity contribution in [2.75, 3.05) is 41.7 Å². The van der Waals surface area contributed by atoms with Crippen molar-refractivity contribution in [3.63, 3.8) is 0 Å². The summed E-state index contributed by atoms with van der Waals surface area (Å²) in [5.74, 6) is 1.68. The number of thiazole rings is 2. The summed E-state index contributed by atoms with van der Waals surface area (Å²) in [4.78, 5) is 50.0. The van der Waals surface area contributed by atoms with Gasteiger partial charge in [0.2, 0.25) is 0 Å². The molecule has 5 aromatic rings. The third-order valence-electron chi connectivity index (χ3n) is 8.98. The average Bonchev–Trinajstić information content (AvgIpc) is 3.87. The highest BCUT2D eigenvalue weighted by Gasteiger charge is 2.21. The van der Waals surface area contributed by atoms with Gasteiger partial charge in [0.1, 0.15) is 29.7 Å². The van der Waals surface area contributed by atoms with Gasteiger partial charge in [-0.2, -0.15) is 0 Å². The van der Waals surface area contributed by atoms with Crippen LogP contribution in [0.5, 0.6) is 11.5 Å². The summed E-state index contributed by atoms with van der Waals surface area (Å²) in [5, 5.41) is 5.83. The zero-order chi connectivity index (χ0) is 40.4. The molecular weight excluding hydrogens is 743 g/mol. The first-order valence-electron chi connectivity index (χ1n) is 17.8. The molecule has 0 aliphatic rings. The second-order valence-corrected chi connectivity index (χ2v) is 15.1. The first kappa shape index (κ1) is 43.4. The van der Waals surface area contributed by atoms with Gasteiger partial charge < -0.3 is 33.4 Å². The number of benzene rings is 2. The van der Waals surface area contributed by atoms with Crippen LogP contribution in [-0.2, 0) is 25.4 Å². The van der Waals surface area contributed by atoms with Crippen molar-refractivity contribution in [1.82, 2.24) is 15.0 Å². The van der Waals surface area contributed by atoms with E-state index in [0.29, 0.717) is 38.9 Å². The van der Waals surface area contributed by atoms with E-state index in [0.717, 1.165) is 38.7 Å². The Morgan fingerprint density at radius 1 is 0.764 bits per heavy atom. The lowest BCUT2D eigenvalue weighted by molar-refractivity contribution is -0.122. The number of H-pyrrole nitrogens is 1. The summed E-state index contributed by atoms with van der Waals surface area (Å²) in [6.45, 7) is 14.0. The molecule has 0 aliphatic carbocycles. The Balaban J connectivity index is 0.000000245. The van der Waals surface area contributed by atoms with E-state index in [4.69, 9.17) is 28.4 Å². The van der Waals surface area contributed by atoms with Gasteiger partial charge in [-0.25, -0.2) is 9.97 Å². The van der Waals surface area contributed by atoms with Crippen molar-refractivity contribution in [2.24, 2.45) is 0 Å². The Labute approximate surface area is 330 Å². The van der Waals surface area contributed by atoms with Gasteiger partial charge in [0.25, 0.3) is 0 Å². The van der Waals surface area contributed by atoms with E-state index in [1.54, 1.807) is 44.6 Å². The second-order valence-electron chi connectivity index (χ2n) is 13.4. The highest BCUT2D eigenvalue weighted by atomic mass is 32.1. The maximum Gasteiger partial charge on any atom is 0.195 e. The zero-order valence-electron chi connectivity index (χ0n) is 33.4. The lowest BCUT2D eigenvalue weighted by Gasteiger charge is -2.18. The van der Waals surface area contributed by atoms with Crippen molar-refractivity contribution >= 4 is 45.1 Å². The molecule has 296 valence electrons. The number of fused-ring (bicyclic) bond motifs is 1. The summed E-state index contributed by atoms with van der Waals surface area (Å²) < 4.78 is 32.2. The van der Waals surface area contributed by atoms with Crippen LogP contribution >= 0.6 is 22.7 Å². The molecule has 5 rings (SSSR count). The molecule has 0 spiro atoms. The van der Waals surface area contributed by atoms with Gasteiger partial charge in [-0.15, -0.1) is 22.7 Å². The van der Waals surface area contributed by atoms with Crippen molar-refractivity contribution in [2.45, 2.75) is 79.3 Å². The van der Waals surface area contributed by atoms with E-state index in [1.165, 1.54) is 43.8 Å². The summed E-state index contributed by atoms with van der Waals surface area (Å²) >= 11 is 2.87. The number of aromatic amines is 1. The standard InChI is InChI=1S/C21H27NO5S.C20H24N2O4S/c1-12(2)17-11-28-21(22-17)18(24)9-16-13(3)19(8-7-15(16)14(4)23)27-10-20(25-5)26-6;1-11(2)15-10-27-20(22-15)14-8-16(23)13-6-7-17(12(3)19(13)21-14)26-9-18(24-4)25-5/h7-8,11-12,20H,9-10H2,1-6H3;6-8,10-11,18H,9H2,1-5H3,(H,21,23). The number of Topliss-reactive ketones (excluding diaryl/α,β-unsaturated/α-hetero) is 2. The molecule has 1 N–H and O–H groups in total. The summed E-state index contributed by atoms with van der Waals surface area (Å²) in [7, 11) is 6.20. The van der Waals surface area contributed by atoms with Gasteiger partial charge in [-0.1, -0.05) is 27.7 Å². The largest absolute Gasteiger partial charge is 0.488 e. The monoisotopic (exact) mass is 793 g/mol. The van der Waals surface area contributed by atoms with Crippen LogP contribution in [0.4, 0.5) is 0 Å². The van der Waals surface area contributed by atoms with Crippen LogP contribution in [0.2, 0.25) is 0 Å². The van der Waals surface area contributed by atoms with E-state index in [-0.39, 0.29) is 42.5 Å². The lowest BCUT2D eigenvalue weighted by atomic mass is 9.94. The highest BCUT2D eigenvalue weighted by molar-refractivity contribution is 7.13. The number of hydrogen-bond acceptors (Lipinski definition) is 13. The van der Waals surface area contributed by atoms with Crippen LogP contribution in [0.3, 0.4) is 0 Å². The first-order chi connectivity index (χ1) is 26.2. The molecular formula is C41H51N3O9S2. The fourth-order valence-corrected chi connectivity index (χ4v) is 7.40. The summed E-state index contributed by atoms with van der Waals surface area (Å²) in [6, 6.07) is 8.62. The number of carbonyl (C=O) groups is 2. The SMILES string of the molecule is COC(COc1ccc(C(C)=O)c(CC(=O)c2nc(C(C)C)cs2)c1C)OC.COC(COc1ccc2c(=O)cc(-c3nc(C(C)C)cs3)[nH]c2c1C)OC. The minimum Gasteiger partial charge on any atom is -0.488 e. The molecule has 0 radical (unpaired) electrons.